The average molecular weight is 517 g/mol. The number of nitrogens with zero attached hydrogens (tertiary/aromatic N) is 4. The summed E-state index contributed by atoms with van der Waals surface area (Å²) in [4.78, 5) is 29.4. The first kappa shape index (κ1) is 25.0. The maximum Gasteiger partial charge on any atom is 0.416 e. The third-order valence-corrected chi connectivity index (χ3v) is 8.66. The molecule has 1 aromatic carbocycles. The first-order chi connectivity index (χ1) is 17.2. The fraction of sp³-hybridized carbons (Fsp3) is 0.519. The van der Waals surface area contributed by atoms with Crippen molar-refractivity contribution in [2.24, 2.45) is 5.92 Å². The fourth-order valence-electron chi connectivity index (χ4n) is 5.10. The van der Waals surface area contributed by atoms with E-state index in [1.807, 2.05) is 0 Å². The van der Waals surface area contributed by atoms with E-state index >= 15 is 0 Å². The van der Waals surface area contributed by atoms with Gasteiger partial charge in [-0.25, -0.2) is 9.97 Å². The minimum Gasteiger partial charge on any atom is -0.352 e. The van der Waals surface area contributed by atoms with E-state index in [4.69, 9.17) is 9.97 Å². The number of thiophene rings is 1. The summed E-state index contributed by atoms with van der Waals surface area (Å²) in [7, 11) is 0. The number of anilines is 1. The Morgan fingerprint density at radius 3 is 2.64 bits per heavy atom. The number of piperazine rings is 1. The summed E-state index contributed by atoms with van der Waals surface area (Å²) in [6.45, 7) is 8.61. The van der Waals surface area contributed by atoms with E-state index in [1.165, 1.54) is 22.6 Å². The normalized spacial score (nSPS) is 19.4. The summed E-state index contributed by atoms with van der Waals surface area (Å²) in [6.07, 6.45) is -0.258. The lowest BCUT2D eigenvalue weighted by molar-refractivity contribution is -0.137. The van der Waals surface area contributed by atoms with Crippen molar-refractivity contribution in [2.75, 3.05) is 31.1 Å². The number of amides is 1. The Kier molecular flexibility index (Phi) is 6.70. The minimum absolute atomic E-state index is 0.0720. The number of alkyl halides is 3. The van der Waals surface area contributed by atoms with Gasteiger partial charge in [-0.05, 0) is 55.4 Å². The van der Waals surface area contributed by atoms with Gasteiger partial charge in [0.15, 0.2) is 0 Å². The van der Waals surface area contributed by atoms with E-state index in [0.717, 1.165) is 59.7 Å². The first-order valence-corrected chi connectivity index (χ1v) is 13.5. The predicted molar refractivity (Wildman–Crippen MR) is 137 cm³/mol. The van der Waals surface area contributed by atoms with Crippen LogP contribution in [0.2, 0.25) is 0 Å². The molecule has 36 heavy (non-hydrogen) atoms. The Hall–Kier alpha value is -2.68. The Morgan fingerprint density at radius 1 is 1.19 bits per heavy atom. The highest BCUT2D eigenvalue weighted by Crippen LogP contribution is 2.42. The molecule has 9 heteroatoms. The Bertz CT molecular complexity index is 1280. The standard InChI is InChI=1S/C27H31F3N4OS/c1-4-17(3)23-31-24(22-20-9-8-16(2)14-21(20)36-25(22)32-23)33-10-12-34(13-11-33)26(35)18-6-5-7-19(15-18)27(28,29)30/h5-7,15-17H,4,8-14H2,1-3H3. The zero-order chi connectivity index (χ0) is 25.6. The van der Waals surface area contributed by atoms with E-state index < -0.39 is 11.7 Å². The third-order valence-electron chi connectivity index (χ3n) is 7.51. The lowest BCUT2D eigenvalue weighted by Gasteiger charge is -2.36. The first-order valence-electron chi connectivity index (χ1n) is 12.7. The lowest BCUT2D eigenvalue weighted by atomic mass is 9.89. The monoisotopic (exact) mass is 516 g/mol. The minimum atomic E-state index is -4.47. The number of aromatic nitrogens is 2. The van der Waals surface area contributed by atoms with Crippen LogP contribution in [0.15, 0.2) is 24.3 Å². The van der Waals surface area contributed by atoms with Gasteiger partial charge in [-0.3, -0.25) is 4.79 Å². The summed E-state index contributed by atoms with van der Waals surface area (Å²) < 4.78 is 39.4. The van der Waals surface area contributed by atoms with Crippen LogP contribution < -0.4 is 4.90 Å². The van der Waals surface area contributed by atoms with E-state index in [9.17, 15) is 18.0 Å². The zero-order valence-corrected chi connectivity index (χ0v) is 21.7. The fourth-order valence-corrected chi connectivity index (χ4v) is 6.49. The Labute approximate surface area is 213 Å². The van der Waals surface area contributed by atoms with Crippen molar-refractivity contribution in [1.82, 2.24) is 14.9 Å². The molecule has 3 heterocycles. The summed E-state index contributed by atoms with van der Waals surface area (Å²) in [5.74, 6) is 2.36. The second kappa shape index (κ2) is 9.65. The van der Waals surface area contributed by atoms with Gasteiger partial charge in [0.25, 0.3) is 5.91 Å². The molecule has 0 saturated carbocycles. The van der Waals surface area contributed by atoms with Crippen LogP contribution in [0.4, 0.5) is 19.0 Å². The average Bonchev–Trinajstić information content (AvgIpc) is 3.24. The second-order valence-electron chi connectivity index (χ2n) is 10.1. The SMILES string of the molecule is CCC(C)c1nc(N2CCN(C(=O)c3cccc(C(F)(F)F)c3)CC2)c2c3c(sc2n1)CC(C)CC3. The van der Waals surface area contributed by atoms with Gasteiger partial charge in [0.1, 0.15) is 16.5 Å². The molecule has 3 aromatic rings. The molecule has 5 nitrogen and oxygen atoms in total. The van der Waals surface area contributed by atoms with Gasteiger partial charge in [0, 0.05) is 42.5 Å². The summed E-state index contributed by atoms with van der Waals surface area (Å²) in [5, 5.41) is 1.16. The zero-order valence-electron chi connectivity index (χ0n) is 20.9. The summed E-state index contributed by atoms with van der Waals surface area (Å²) in [6, 6.07) is 4.68. The van der Waals surface area contributed by atoms with Gasteiger partial charge >= 0.3 is 6.18 Å². The number of hydrogen-bond acceptors (Lipinski definition) is 5. The number of carbonyl (C=O) groups excluding carboxylic acids is 1. The van der Waals surface area contributed by atoms with E-state index in [2.05, 4.69) is 25.7 Å². The van der Waals surface area contributed by atoms with Crippen molar-refractivity contribution in [3.05, 3.63) is 51.7 Å². The number of carbonyl (C=O) groups is 1. The van der Waals surface area contributed by atoms with Gasteiger partial charge in [-0.2, -0.15) is 13.2 Å². The topological polar surface area (TPSA) is 49.3 Å². The van der Waals surface area contributed by atoms with Crippen LogP contribution in [-0.2, 0) is 19.0 Å². The Morgan fingerprint density at radius 2 is 1.94 bits per heavy atom. The maximum absolute atomic E-state index is 13.1. The van der Waals surface area contributed by atoms with Crippen molar-refractivity contribution < 1.29 is 18.0 Å². The molecule has 2 atom stereocenters. The lowest BCUT2D eigenvalue weighted by Crippen LogP contribution is -2.49. The van der Waals surface area contributed by atoms with Gasteiger partial charge in [0.2, 0.25) is 0 Å². The van der Waals surface area contributed by atoms with Crippen LogP contribution in [0.1, 0.15) is 71.7 Å². The van der Waals surface area contributed by atoms with Crippen LogP contribution in [0.25, 0.3) is 10.2 Å². The molecule has 0 bridgehead atoms. The van der Waals surface area contributed by atoms with E-state index in [1.54, 1.807) is 16.2 Å². The molecule has 1 amide bonds. The van der Waals surface area contributed by atoms with Gasteiger partial charge < -0.3 is 9.80 Å². The third kappa shape index (κ3) is 4.69. The maximum atomic E-state index is 13.1. The molecule has 1 aliphatic heterocycles. The number of hydrogen-bond donors (Lipinski definition) is 0. The molecule has 192 valence electrons. The molecular formula is C27H31F3N4OS. The highest BCUT2D eigenvalue weighted by molar-refractivity contribution is 7.19. The van der Waals surface area contributed by atoms with E-state index in [-0.39, 0.29) is 17.4 Å². The van der Waals surface area contributed by atoms with Gasteiger partial charge in [0.05, 0.1) is 10.9 Å². The van der Waals surface area contributed by atoms with Crippen LogP contribution in [0.5, 0.6) is 0 Å². The van der Waals surface area contributed by atoms with Crippen molar-refractivity contribution in [3.8, 4) is 0 Å². The van der Waals surface area contributed by atoms with Crippen LogP contribution >= 0.6 is 11.3 Å². The van der Waals surface area contributed by atoms with Gasteiger partial charge in [-0.15, -0.1) is 11.3 Å². The van der Waals surface area contributed by atoms with Crippen LogP contribution in [0.3, 0.4) is 0 Å². The summed E-state index contributed by atoms with van der Waals surface area (Å²) >= 11 is 1.80. The molecule has 2 aromatic heterocycles. The van der Waals surface area contributed by atoms with Crippen LogP contribution in [0, 0.1) is 5.92 Å². The number of rotatable bonds is 4. The molecule has 5 rings (SSSR count). The Balaban J connectivity index is 1.42. The quantitative estimate of drug-likeness (QED) is 0.408. The second-order valence-corrected chi connectivity index (χ2v) is 11.2. The van der Waals surface area contributed by atoms with E-state index in [0.29, 0.717) is 32.1 Å². The predicted octanol–water partition coefficient (Wildman–Crippen LogP) is 6.31. The van der Waals surface area contributed by atoms with Crippen molar-refractivity contribution in [2.45, 2.75) is 58.5 Å². The summed E-state index contributed by atoms with van der Waals surface area (Å²) in [5.41, 5.74) is 0.647. The molecular weight excluding hydrogens is 485 g/mol. The molecule has 0 spiro atoms. The molecule has 0 radical (unpaired) electrons. The largest absolute Gasteiger partial charge is 0.416 e. The van der Waals surface area contributed by atoms with Crippen molar-refractivity contribution in [3.63, 3.8) is 0 Å². The highest BCUT2D eigenvalue weighted by atomic mass is 32.1. The van der Waals surface area contributed by atoms with Crippen molar-refractivity contribution in [1.29, 1.82) is 0 Å². The van der Waals surface area contributed by atoms with Crippen LogP contribution in [-0.4, -0.2) is 47.0 Å². The van der Waals surface area contributed by atoms with Crippen molar-refractivity contribution >= 4 is 33.3 Å². The molecule has 0 N–H and O–H groups in total. The number of fused-ring (bicyclic) bond motifs is 3. The molecule has 1 saturated heterocycles. The smallest absolute Gasteiger partial charge is 0.352 e. The number of aryl methyl sites for hydroxylation is 1. The molecule has 1 aliphatic carbocycles. The highest BCUT2D eigenvalue weighted by Gasteiger charge is 2.32. The molecule has 2 unspecified atom stereocenters. The number of halogens is 3. The molecule has 1 fully saturated rings. The number of benzene rings is 1. The van der Waals surface area contributed by atoms with Gasteiger partial charge in [-0.1, -0.05) is 26.8 Å². The molecule has 2 aliphatic rings.